The lowest BCUT2D eigenvalue weighted by atomic mass is 9.84. The summed E-state index contributed by atoms with van der Waals surface area (Å²) in [4.78, 5) is 18.8. The van der Waals surface area contributed by atoms with Crippen LogP contribution in [0.25, 0.3) is 0 Å². The van der Waals surface area contributed by atoms with Gasteiger partial charge in [-0.2, -0.15) is 0 Å². The number of rotatable bonds is 14. The minimum Gasteiger partial charge on any atom is -0.497 e. The molecule has 8 nitrogen and oxygen atoms in total. The van der Waals surface area contributed by atoms with E-state index in [1.807, 2.05) is 42.5 Å². The van der Waals surface area contributed by atoms with E-state index in [4.69, 9.17) is 47.5 Å². The van der Waals surface area contributed by atoms with Gasteiger partial charge in [-0.15, -0.1) is 6.58 Å². The maximum Gasteiger partial charge on any atom is 0.266 e. The standard InChI is InChI=1S/C31H33Cl2N3O5/c1-3-15-31(30(38)36-34-16-14-21-8-11-24(32)20-27(21)33)28(23-6-4-7-26(19-23)39-2)41-29(35-31)22-9-12-25(13-10-22)40-18-5-17-37/h3-4,6-13,19-20,28,34,37H,1,5,14-18H2,2H3,(H,36,38)/t28-,31-/m0/s1. The summed E-state index contributed by atoms with van der Waals surface area (Å²) in [6.45, 7) is 4.80. The molecule has 3 aromatic rings. The fraction of sp³-hybridized carbons (Fsp3) is 0.290. The molecule has 0 unspecified atom stereocenters. The molecule has 0 fully saturated rings. The number of ether oxygens (including phenoxy) is 3. The quantitative estimate of drug-likeness (QED) is 0.130. The van der Waals surface area contributed by atoms with Crippen LogP contribution < -0.4 is 20.3 Å². The van der Waals surface area contributed by atoms with E-state index in [9.17, 15) is 4.79 Å². The van der Waals surface area contributed by atoms with Gasteiger partial charge in [0.05, 0.1) is 13.7 Å². The Labute approximate surface area is 249 Å². The number of hydrogen-bond donors (Lipinski definition) is 3. The molecule has 10 heteroatoms. The van der Waals surface area contributed by atoms with Crippen molar-refractivity contribution in [3.05, 3.63) is 106 Å². The zero-order valence-electron chi connectivity index (χ0n) is 22.7. The zero-order valence-corrected chi connectivity index (χ0v) is 24.3. The summed E-state index contributed by atoms with van der Waals surface area (Å²) in [6, 6.07) is 20.0. The van der Waals surface area contributed by atoms with E-state index in [-0.39, 0.29) is 18.9 Å². The predicted molar refractivity (Wildman–Crippen MR) is 161 cm³/mol. The van der Waals surface area contributed by atoms with Crippen LogP contribution in [0.3, 0.4) is 0 Å². The number of hydrazine groups is 1. The fourth-order valence-corrected chi connectivity index (χ4v) is 5.02. The van der Waals surface area contributed by atoms with Gasteiger partial charge in [-0.3, -0.25) is 10.2 Å². The molecule has 4 rings (SSSR count). The third kappa shape index (κ3) is 7.40. The molecule has 0 aromatic heterocycles. The number of halogens is 2. The first-order chi connectivity index (χ1) is 19.9. The lowest BCUT2D eigenvalue weighted by Crippen LogP contribution is -2.52. The number of aliphatic hydroxyl groups is 1. The van der Waals surface area contributed by atoms with Crippen molar-refractivity contribution in [3.63, 3.8) is 0 Å². The molecule has 2 atom stereocenters. The number of nitrogens with one attached hydrogen (secondary N) is 2. The number of aliphatic imine (C=N–C) groups is 1. The highest BCUT2D eigenvalue weighted by atomic mass is 35.5. The summed E-state index contributed by atoms with van der Waals surface area (Å²) in [5.74, 6) is 1.25. The van der Waals surface area contributed by atoms with Crippen LogP contribution in [-0.4, -0.2) is 49.3 Å². The lowest BCUT2D eigenvalue weighted by molar-refractivity contribution is -0.129. The minimum atomic E-state index is -1.34. The van der Waals surface area contributed by atoms with Crippen molar-refractivity contribution < 1.29 is 24.1 Å². The van der Waals surface area contributed by atoms with Crippen molar-refractivity contribution in [2.45, 2.75) is 30.9 Å². The molecule has 1 amide bonds. The Kier molecular flexibility index (Phi) is 10.7. The third-order valence-corrected chi connectivity index (χ3v) is 7.21. The summed E-state index contributed by atoms with van der Waals surface area (Å²) < 4.78 is 17.5. The second-order valence-electron chi connectivity index (χ2n) is 9.43. The fourth-order valence-electron chi connectivity index (χ4n) is 4.51. The van der Waals surface area contributed by atoms with Crippen LogP contribution in [-0.2, 0) is 16.0 Å². The lowest BCUT2D eigenvalue weighted by Gasteiger charge is -2.29. The molecule has 0 bridgehead atoms. The summed E-state index contributed by atoms with van der Waals surface area (Å²) in [5.41, 5.74) is 6.82. The van der Waals surface area contributed by atoms with Gasteiger partial charge < -0.3 is 19.3 Å². The van der Waals surface area contributed by atoms with E-state index >= 15 is 0 Å². The Balaban J connectivity index is 1.58. The van der Waals surface area contributed by atoms with Gasteiger partial charge in [-0.1, -0.05) is 47.5 Å². The maximum atomic E-state index is 13.9. The summed E-state index contributed by atoms with van der Waals surface area (Å²) in [7, 11) is 1.58. The number of carbonyl (C=O) groups excluding carboxylic acids is 1. The molecule has 3 aromatic carbocycles. The van der Waals surface area contributed by atoms with E-state index in [0.717, 1.165) is 11.1 Å². The molecule has 0 saturated heterocycles. The normalized spacial score (nSPS) is 17.9. The molecule has 1 heterocycles. The van der Waals surface area contributed by atoms with Gasteiger partial charge in [-0.05, 0) is 66.1 Å². The minimum absolute atomic E-state index is 0.0611. The smallest absolute Gasteiger partial charge is 0.266 e. The maximum absolute atomic E-state index is 13.9. The Morgan fingerprint density at radius 2 is 1.95 bits per heavy atom. The van der Waals surface area contributed by atoms with Crippen LogP contribution in [0.2, 0.25) is 10.0 Å². The van der Waals surface area contributed by atoms with Crippen LogP contribution in [0, 0.1) is 0 Å². The molecule has 0 saturated carbocycles. The van der Waals surface area contributed by atoms with E-state index in [2.05, 4.69) is 17.4 Å². The average molecular weight is 599 g/mol. The van der Waals surface area contributed by atoms with Gasteiger partial charge in [0.25, 0.3) is 5.91 Å². The Morgan fingerprint density at radius 1 is 1.15 bits per heavy atom. The number of nitrogens with zero attached hydrogens (tertiary/aromatic N) is 1. The van der Waals surface area contributed by atoms with Gasteiger partial charge in [-0.25, -0.2) is 10.4 Å². The highest BCUT2D eigenvalue weighted by molar-refractivity contribution is 6.35. The zero-order chi connectivity index (χ0) is 29.2. The molecule has 0 aliphatic carbocycles. The highest BCUT2D eigenvalue weighted by Crippen LogP contribution is 2.43. The molecule has 1 aliphatic heterocycles. The number of hydrogen-bond acceptors (Lipinski definition) is 7. The number of aliphatic hydroxyl groups excluding tert-OH is 1. The topological polar surface area (TPSA) is 101 Å². The molecule has 41 heavy (non-hydrogen) atoms. The molecule has 1 aliphatic rings. The second kappa shape index (κ2) is 14.4. The van der Waals surface area contributed by atoms with Crippen LogP contribution in [0.4, 0.5) is 0 Å². The largest absolute Gasteiger partial charge is 0.497 e. The first-order valence-corrected chi connectivity index (χ1v) is 14.0. The molecule has 0 radical (unpaired) electrons. The summed E-state index contributed by atoms with van der Waals surface area (Å²) in [5, 5.41) is 10.1. The molecule has 216 valence electrons. The van der Waals surface area contributed by atoms with Crippen molar-refractivity contribution in [2.24, 2.45) is 4.99 Å². The van der Waals surface area contributed by atoms with Crippen LogP contribution in [0.5, 0.6) is 11.5 Å². The number of benzene rings is 3. The Morgan fingerprint density at radius 3 is 2.66 bits per heavy atom. The average Bonchev–Trinajstić information content (AvgIpc) is 3.37. The number of amides is 1. The van der Waals surface area contributed by atoms with Crippen molar-refractivity contribution in [3.8, 4) is 11.5 Å². The molecular formula is C31H33Cl2N3O5. The summed E-state index contributed by atoms with van der Waals surface area (Å²) in [6.07, 6.45) is 2.24. The van der Waals surface area contributed by atoms with Crippen LogP contribution in [0.15, 0.2) is 84.4 Å². The van der Waals surface area contributed by atoms with E-state index in [1.54, 1.807) is 37.5 Å². The van der Waals surface area contributed by atoms with Crippen LogP contribution >= 0.6 is 23.2 Å². The predicted octanol–water partition coefficient (Wildman–Crippen LogP) is 5.46. The van der Waals surface area contributed by atoms with Crippen molar-refractivity contribution in [1.29, 1.82) is 0 Å². The van der Waals surface area contributed by atoms with Crippen molar-refractivity contribution in [1.82, 2.24) is 10.9 Å². The van der Waals surface area contributed by atoms with Gasteiger partial charge in [0.15, 0.2) is 11.6 Å². The Hall–Kier alpha value is -3.56. The summed E-state index contributed by atoms with van der Waals surface area (Å²) >= 11 is 12.3. The monoisotopic (exact) mass is 597 g/mol. The van der Waals surface area contributed by atoms with E-state index in [1.165, 1.54) is 0 Å². The van der Waals surface area contributed by atoms with Gasteiger partial charge >= 0.3 is 0 Å². The van der Waals surface area contributed by atoms with Gasteiger partial charge in [0.2, 0.25) is 5.90 Å². The second-order valence-corrected chi connectivity index (χ2v) is 10.3. The van der Waals surface area contributed by atoms with Crippen molar-refractivity contribution >= 4 is 35.0 Å². The number of methoxy groups -OCH3 is 1. The number of carbonyl (C=O) groups is 1. The van der Waals surface area contributed by atoms with E-state index in [0.29, 0.717) is 59.0 Å². The SMILES string of the molecule is C=CC[C@]1(C(=O)NNCCc2ccc(Cl)cc2Cl)N=C(c2ccc(OCCCO)cc2)O[C@H]1c1cccc(OC)c1. The molecule has 0 spiro atoms. The van der Waals surface area contributed by atoms with Crippen LogP contribution in [0.1, 0.15) is 35.6 Å². The van der Waals surface area contributed by atoms with Crippen molar-refractivity contribution in [2.75, 3.05) is 26.9 Å². The Bertz CT molecular complexity index is 1380. The molecule has 3 N–H and O–H groups in total. The molecular weight excluding hydrogens is 565 g/mol. The first kappa shape index (κ1) is 30.4. The highest BCUT2D eigenvalue weighted by Gasteiger charge is 2.52. The third-order valence-electron chi connectivity index (χ3n) is 6.62. The van der Waals surface area contributed by atoms with Gasteiger partial charge in [0.1, 0.15) is 11.5 Å². The first-order valence-electron chi connectivity index (χ1n) is 13.2. The van der Waals surface area contributed by atoms with Gasteiger partial charge in [0, 0.05) is 41.6 Å². The van der Waals surface area contributed by atoms with E-state index < -0.39 is 11.6 Å².